The molecule has 0 aromatic heterocycles. The van der Waals surface area contributed by atoms with Gasteiger partial charge in [0.2, 0.25) is 11.8 Å². The smallest absolute Gasteiger partial charge is 0.307 e. The minimum Gasteiger partial charge on any atom is -0.496 e. The molecule has 1 unspecified atom stereocenters. The van der Waals surface area contributed by atoms with Gasteiger partial charge in [0.15, 0.2) is 5.75 Å². The number of carboxylic acids is 1. The number of methoxy groups -OCH3 is 1. The SMILES string of the molecule is CC[C@@H](CC(=O)N1C/C(=N/Oc2ccc(F)cc2)CCC(Cc2cc(Cl)ccc2OC)C1=O)c1ccc(CC(=O)O)cc1. The summed E-state index contributed by atoms with van der Waals surface area (Å²) in [5.41, 5.74) is 2.83. The molecule has 3 aromatic rings. The lowest BCUT2D eigenvalue weighted by Crippen LogP contribution is -2.42. The molecule has 0 bridgehead atoms. The Morgan fingerprint density at radius 1 is 1.12 bits per heavy atom. The number of hydrogen-bond donors (Lipinski definition) is 1. The zero-order valence-corrected chi connectivity index (χ0v) is 24.9. The number of nitrogens with zero attached hydrogens (tertiary/aromatic N) is 2. The molecule has 43 heavy (non-hydrogen) atoms. The van der Waals surface area contributed by atoms with Crippen LogP contribution in [0.15, 0.2) is 71.9 Å². The molecule has 2 amide bonds. The summed E-state index contributed by atoms with van der Waals surface area (Å²) < 4.78 is 18.8. The van der Waals surface area contributed by atoms with E-state index in [4.69, 9.17) is 26.3 Å². The third-order valence-corrected chi connectivity index (χ3v) is 7.80. The maximum absolute atomic E-state index is 13.9. The van der Waals surface area contributed by atoms with Gasteiger partial charge in [0.05, 0.1) is 25.8 Å². The topological polar surface area (TPSA) is 106 Å². The second-order valence-corrected chi connectivity index (χ2v) is 11.0. The summed E-state index contributed by atoms with van der Waals surface area (Å²) in [6, 6.07) is 17.8. The van der Waals surface area contributed by atoms with E-state index in [0.29, 0.717) is 53.5 Å². The Labute approximate surface area is 255 Å². The van der Waals surface area contributed by atoms with Gasteiger partial charge in [-0.3, -0.25) is 19.3 Å². The van der Waals surface area contributed by atoms with Crippen LogP contribution in [0.4, 0.5) is 4.39 Å². The predicted octanol–water partition coefficient (Wildman–Crippen LogP) is 6.44. The molecule has 0 aliphatic carbocycles. The molecule has 1 saturated heterocycles. The number of carbonyl (C=O) groups is 3. The lowest BCUT2D eigenvalue weighted by molar-refractivity contribution is -0.146. The molecule has 0 radical (unpaired) electrons. The summed E-state index contributed by atoms with van der Waals surface area (Å²) >= 11 is 6.24. The van der Waals surface area contributed by atoms with Crippen LogP contribution in [-0.2, 0) is 27.2 Å². The van der Waals surface area contributed by atoms with Gasteiger partial charge in [0.1, 0.15) is 11.6 Å². The number of oxime groups is 1. The number of likely N-dealkylation sites (tertiary alicyclic amines) is 1. The molecule has 0 saturated carbocycles. The summed E-state index contributed by atoms with van der Waals surface area (Å²) in [4.78, 5) is 45.6. The van der Waals surface area contributed by atoms with Gasteiger partial charge in [-0.05, 0) is 90.8 Å². The Morgan fingerprint density at radius 3 is 2.49 bits per heavy atom. The third kappa shape index (κ3) is 8.64. The number of carbonyl (C=O) groups excluding carboxylic acids is 2. The fourth-order valence-corrected chi connectivity index (χ4v) is 5.38. The molecular formula is C33H34ClFN2O6. The average Bonchev–Trinajstić information content (AvgIpc) is 3.14. The van der Waals surface area contributed by atoms with E-state index < -0.39 is 17.7 Å². The number of halogens is 2. The van der Waals surface area contributed by atoms with Crippen LogP contribution >= 0.6 is 11.6 Å². The predicted molar refractivity (Wildman–Crippen MR) is 161 cm³/mol. The highest BCUT2D eigenvalue weighted by Gasteiger charge is 2.35. The standard InChI is InChI=1S/C33H34ClFN2O6/c1-3-22(23-6-4-21(5-7-23)16-32(39)40)19-31(38)37-20-28(36-43-29-13-10-27(35)11-14-29)12-8-24(33(37)41)17-25-18-26(34)9-15-30(25)42-2/h4-7,9-11,13-15,18,22,24H,3,8,12,16-17,19-20H2,1-2H3,(H,39,40)/b36-28+/t22-,24?/m0/s1. The van der Waals surface area contributed by atoms with Crippen LogP contribution in [0.5, 0.6) is 11.5 Å². The molecule has 1 aliphatic heterocycles. The van der Waals surface area contributed by atoms with E-state index in [2.05, 4.69) is 5.16 Å². The van der Waals surface area contributed by atoms with E-state index in [0.717, 1.165) is 11.1 Å². The van der Waals surface area contributed by atoms with Crippen molar-refractivity contribution in [3.05, 3.63) is 94.3 Å². The average molecular weight is 609 g/mol. The van der Waals surface area contributed by atoms with Crippen LogP contribution in [0, 0.1) is 11.7 Å². The highest BCUT2D eigenvalue weighted by atomic mass is 35.5. The van der Waals surface area contributed by atoms with Gasteiger partial charge >= 0.3 is 5.97 Å². The molecule has 1 fully saturated rings. The van der Waals surface area contributed by atoms with Crippen LogP contribution in [0.1, 0.15) is 55.2 Å². The summed E-state index contributed by atoms with van der Waals surface area (Å²) in [6.45, 7) is 1.93. The first-order chi connectivity index (χ1) is 20.7. The zero-order valence-electron chi connectivity index (χ0n) is 24.1. The Bertz CT molecular complexity index is 1480. The maximum Gasteiger partial charge on any atom is 0.307 e. The molecule has 0 spiro atoms. The number of hydrogen-bond acceptors (Lipinski definition) is 6. The molecule has 3 aromatic carbocycles. The highest BCUT2D eigenvalue weighted by molar-refractivity contribution is 6.30. The first-order valence-corrected chi connectivity index (χ1v) is 14.5. The van der Waals surface area contributed by atoms with Crippen molar-refractivity contribution in [1.29, 1.82) is 0 Å². The molecular weight excluding hydrogens is 575 g/mol. The molecule has 1 aliphatic rings. The Hall–Kier alpha value is -4.24. The number of rotatable bonds is 11. The fraction of sp³-hybridized carbons (Fsp3) is 0.333. The second kappa shape index (κ2) is 14.8. The van der Waals surface area contributed by atoms with Crippen molar-refractivity contribution in [2.24, 2.45) is 11.1 Å². The summed E-state index contributed by atoms with van der Waals surface area (Å²) in [6.07, 6.45) is 1.79. The molecule has 1 N–H and O–H groups in total. The molecule has 2 atom stereocenters. The third-order valence-electron chi connectivity index (χ3n) is 7.56. The Balaban J connectivity index is 1.58. The Morgan fingerprint density at radius 2 is 1.84 bits per heavy atom. The zero-order chi connectivity index (χ0) is 30.9. The van der Waals surface area contributed by atoms with E-state index in [-0.39, 0.29) is 37.1 Å². The number of carboxylic acid groups (broad SMARTS) is 1. The van der Waals surface area contributed by atoms with Gasteiger partial charge in [-0.25, -0.2) is 4.39 Å². The van der Waals surface area contributed by atoms with Crippen LogP contribution in [0.2, 0.25) is 5.02 Å². The number of imide groups is 1. The van der Waals surface area contributed by atoms with Gasteiger partial charge in [-0.2, -0.15) is 0 Å². The van der Waals surface area contributed by atoms with Crippen molar-refractivity contribution in [3.63, 3.8) is 0 Å². The van der Waals surface area contributed by atoms with Gasteiger partial charge in [-0.15, -0.1) is 0 Å². The molecule has 8 nitrogen and oxygen atoms in total. The van der Waals surface area contributed by atoms with E-state index in [9.17, 15) is 18.8 Å². The number of benzene rings is 3. The van der Waals surface area contributed by atoms with Gasteiger partial charge < -0.3 is 14.7 Å². The van der Waals surface area contributed by atoms with Crippen molar-refractivity contribution < 1.29 is 33.5 Å². The highest BCUT2D eigenvalue weighted by Crippen LogP contribution is 2.31. The van der Waals surface area contributed by atoms with Crippen molar-refractivity contribution in [2.75, 3.05) is 13.7 Å². The monoisotopic (exact) mass is 608 g/mol. The van der Waals surface area contributed by atoms with Crippen molar-refractivity contribution >= 4 is 35.1 Å². The van der Waals surface area contributed by atoms with E-state index in [1.54, 1.807) is 37.4 Å². The second-order valence-electron chi connectivity index (χ2n) is 10.5. The molecule has 226 valence electrons. The molecule has 10 heteroatoms. The number of ether oxygens (including phenoxy) is 1. The van der Waals surface area contributed by atoms with Crippen molar-refractivity contribution in [2.45, 2.75) is 51.4 Å². The van der Waals surface area contributed by atoms with Crippen LogP contribution < -0.4 is 9.57 Å². The maximum atomic E-state index is 13.9. The van der Waals surface area contributed by atoms with Gasteiger partial charge in [0, 0.05) is 17.4 Å². The minimum atomic E-state index is -0.916. The first-order valence-electron chi connectivity index (χ1n) is 14.1. The van der Waals surface area contributed by atoms with E-state index >= 15 is 0 Å². The largest absolute Gasteiger partial charge is 0.496 e. The quantitative estimate of drug-likeness (QED) is 0.251. The van der Waals surface area contributed by atoms with E-state index in [1.807, 2.05) is 19.1 Å². The summed E-state index contributed by atoms with van der Waals surface area (Å²) in [5, 5.41) is 13.8. The molecule has 1 heterocycles. The summed E-state index contributed by atoms with van der Waals surface area (Å²) in [7, 11) is 1.55. The fourth-order valence-electron chi connectivity index (χ4n) is 5.19. The van der Waals surface area contributed by atoms with Crippen LogP contribution in [0.3, 0.4) is 0 Å². The summed E-state index contributed by atoms with van der Waals surface area (Å²) in [5.74, 6) is -1.75. The normalized spacial score (nSPS) is 16.9. The lowest BCUT2D eigenvalue weighted by atomic mass is 9.91. The lowest BCUT2D eigenvalue weighted by Gasteiger charge is -2.25. The first kappa shape index (κ1) is 31.7. The van der Waals surface area contributed by atoms with Gasteiger partial charge in [-0.1, -0.05) is 47.9 Å². The van der Waals surface area contributed by atoms with Crippen LogP contribution in [0.25, 0.3) is 0 Å². The van der Waals surface area contributed by atoms with Crippen molar-refractivity contribution in [1.82, 2.24) is 4.90 Å². The van der Waals surface area contributed by atoms with Crippen LogP contribution in [-0.4, -0.2) is 47.2 Å². The van der Waals surface area contributed by atoms with Crippen molar-refractivity contribution in [3.8, 4) is 11.5 Å². The number of aliphatic carboxylic acids is 1. The van der Waals surface area contributed by atoms with Gasteiger partial charge in [0.25, 0.3) is 0 Å². The Kier molecular flexibility index (Phi) is 10.9. The number of amides is 2. The molecule has 4 rings (SSSR count). The van der Waals surface area contributed by atoms with E-state index in [1.165, 1.54) is 29.2 Å². The minimum absolute atomic E-state index is 0.0317.